The third kappa shape index (κ3) is 7.24. The number of unbranched alkanes of at least 4 members (excludes halogenated alkanes) is 6. The first-order chi connectivity index (χ1) is 25.5. The number of hydrogen-bond acceptors (Lipinski definition) is 0. The second kappa shape index (κ2) is 16.1. The average molecular weight is 819 g/mol. The number of hydrogen-bond donors (Lipinski definition) is 0. The molecule has 4 heteroatoms. The minimum Gasteiger partial charge on any atom is -0.313 e. The maximum absolute atomic E-state index is 3.79. The second-order valence-corrected chi connectivity index (χ2v) is 17.7. The predicted molar refractivity (Wildman–Crippen MR) is 229 cm³/mol. The third-order valence-electron chi connectivity index (χ3n) is 12.4. The number of rotatable bonds is 13. The van der Waals surface area contributed by atoms with Crippen molar-refractivity contribution >= 4 is 53.7 Å². The molecule has 0 bridgehead atoms. The quantitative estimate of drug-likeness (QED) is 0.103. The van der Waals surface area contributed by atoms with E-state index < -0.39 is 0 Å². The highest BCUT2D eigenvalue weighted by molar-refractivity contribution is 9.10. The third-order valence-corrected chi connectivity index (χ3v) is 13.4. The molecule has 2 unspecified atom stereocenters. The van der Waals surface area contributed by atoms with Gasteiger partial charge in [0.15, 0.2) is 0 Å². The van der Waals surface area contributed by atoms with Gasteiger partial charge in [-0.15, -0.1) is 0 Å². The van der Waals surface area contributed by atoms with E-state index in [-0.39, 0.29) is 0 Å². The monoisotopic (exact) mass is 816 g/mol. The Kier molecular flexibility index (Phi) is 11.1. The molecule has 4 aromatic carbocycles. The standard InChI is InChI=1S/C48H54Br2N2/c1-3-5-7-9-11-33-13-27-45-43(29-33)41-25-19-37(49)31-47(41)51(45)39-21-15-35(16-22-39)36-17-23-40(24-18-36)52-46-28-14-34(12-10-8-6-4-2)30-44(46)42-26-20-38(50)32-48(42)52/h15-26,31-34H,3-14,27-30H2,1-2H3. The van der Waals surface area contributed by atoms with Gasteiger partial charge in [0.25, 0.3) is 0 Å². The Balaban J connectivity index is 1.05. The lowest BCUT2D eigenvalue weighted by Gasteiger charge is -2.24. The van der Waals surface area contributed by atoms with Crippen LogP contribution in [0.4, 0.5) is 0 Å². The minimum absolute atomic E-state index is 0.811. The molecule has 2 aromatic heterocycles. The van der Waals surface area contributed by atoms with Crippen molar-refractivity contribution in [2.24, 2.45) is 11.8 Å². The molecular weight excluding hydrogens is 764 g/mol. The smallest absolute Gasteiger partial charge is 0.0545 e. The molecule has 2 aliphatic carbocycles. The summed E-state index contributed by atoms with van der Waals surface area (Å²) in [6, 6.07) is 32.5. The van der Waals surface area contributed by atoms with E-state index in [0.29, 0.717) is 0 Å². The van der Waals surface area contributed by atoms with Crippen molar-refractivity contribution in [2.45, 2.75) is 117 Å². The van der Waals surface area contributed by atoms with Gasteiger partial charge in [-0.05, 0) is 121 Å². The predicted octanol–water partition coefficient (Wildman–Crippen LogP) is 14.9. The zero-order chi connectivity index (χ0) is 35.6. The number of aromatic nitrogens is 2. The first-order valence-corrected chi connectivity index (χ1v) is 22.0. The van der Waals surface area contributed by atoms with E-state index >= 15 is 0 Å². The first kappa shape index (κ1) is 35.9. The Labute approximate surface area is 328 Å². The number of fused-ring (bicyclic) bond motifs is 6. The van der Waals surface area contributed by atoms with E-state index in [0.717, 1.165) is 33.6 Å². The zero-order valence-corrected chi connectivity index (χ0v) is 34.4. The molecule has 0 aliphatic heterocycles. The van der Waals surface area contributed by atoms with Crippen LogP contribution in [-0.4, -0.2) is 9.13 Å². The highest BCUT2D eigenvalue weighted by Gasteiger charge is 2.27. The highest BCUT2D eigenvalue weighted by Crippen LogP contribution is 2.41. The molecule has 2 atom stereocenters. The molecule has 270 valence electrons. The topological polar surface area (TPSA) is 9.86 Å². The van der Waals surface area contributed by atoms with Crippen molar-refractivity contribution in [3.8, 4) is 22.5 Å². The molecule has 0 saturated heterocycles. The zero-order valence-electron chi connectivity index (χ0n) is 31.2. The van der Waals surface area contributed by atoms with Crippen molar-refractivity contribution < 1.29 is 0 Å². The maximum Gasteiger partial charge on any atom is 0.0545 e. The van der Waals surface area contributed by atoms with Gasteiger partial charge in [0, 0.05) is 42.5 Å². The van der Waals surface area contributed by atoms with Crippen LogP contribution in [0.1, 0.15) is 113 Å². The van der Waals surface area contributed by atoms with Crippen LogP contribution in [0.15, 0.2) is 93.9 Å². The van der Waals surface area contributed by atoms with E-state index in [1.807, 2.05) is 0 Å². The molecule has 0 radical (unpaired) electrons. The Hall–Kier alpha value is -3.08. The summed E-state index contributed by atoms with van der Waals surface area (Å²) in [5.74, 6) is 1.62. The van der Waals surface area contributed by atoms with Gasteiger partial charge in [0.2, 0.25) is 0 Å². The van der Waals surface area contributed by atoms with E-state index in [2.05, 4.69) is 140 Å². The summed E-state index contributed by atoms with van der Waals surface area (Å²) >= 11 is 7.58. The van der Waals surface area contributed by atoms with Gasteiger partial charge in [-0.1, -0.05) is 146 Å². The minimum atomic E-state index is 0.811. The molecule has 2 nitrogen and oxygen atoms in total. The van der Waals surface area contributed by atoms with Gasteiger partial charge in [-0.25, -0.2) is 0 Å². The van der Waals surface area contributed by atoms with Gasteiger partial charge in [-0.3, -0.25) is 0 Å². The molecule has 0 fully saturated rings. The highest BCUT2D eigenvalue weighted by atomic mass is 79.9. The van der Waals surface area contributed by atoms with Crippen molar-refractivity contribution in [3.63, 3.8) is 0 Å². The van der Waals surface area contributed by atoms with Gasteiger partial charge < -0.3 is 9.13 Å². The summed E-state index contributed by atoms with van der Waals surface area (Å²) in [6.45, 7) is 4.62. The van der Waals surface area contributed by atoms with Crippen LogP contribution in [0, 0.1) is 11.8 Å². The van der Waals surface area contributed by atoms with E-state index in [1.165, 1.54) is 146 Å². The van der Waals surface area contributed by atoms with Crippen molar-refractivity contribution in [3.05, 3.63) is 116 Å². The number of benzene rings is 4. The van der Waals surface area contributed by atoms with Crippen molar-refractivity contribution in [2.75, 3.05) is 0 Å². The molecule has 6 aromatic rings. The molecule has 2 aliphatic rings. The summed E-state index contributed by atoms with van der Waals surface area (Å²) in [5, 5.41) is 2.87. The molecule has 0 N–H and O–H groups in total. The van der Waals surface area contributed by atoms with Crippen LogP contribution in [0.3, 0.4) is 0 Å². The number of nitrogens with zero attached hydrogens (tertiary/aromatic N) is 2. The molecule has 0 saturated carbocycles. The van der Waals surface area contributed by atoms with Crippen LogP contribution in [0.25, 0.3) is 44.3 Å². The van der Waals surface area contributed by atoms with Crippen LogP contribution in [0.5, 0.6) is 0 Å². The van der Waals surface area contributed by atoms with E-state index in [1.54, 1.807) is 11.1 Å². The molecule has 52 heavy (non-hydrogen) atoms. The lowest BCUT2D eigenvalue weighted by Crippen LogP contribution is -2.16. The van der Waals surface area contributed by atoms with Crippen LogP contribution in [-0.2, 0) is 25.7 Å². The summed E-state index contributed by atoms with van der Waals surface area (Å²) in [7, 11) is 0. The van der Waals surface area contributed by atoms with E-state index in [9.17, 15) is 0 Å². The molecule has 8 rings (SSSR count). The van der Waals surface area contributed by atoms with Crippen molar-refractivity contribution in [1.29, 1.82) is 0 Å². The van der Waals surface area contributed by atoms with Gasteiger partial charge in [0.1, 0.15) is 0 Å². The Morgan fingerprint density at radius 2 is 0.942 bits per heavy atom. The van der Waals surface area contributed by atoms with Gasteiger partial charge in [0.05, 0.1) is 11.0 Å². The fraction of sp³-hybridized carbons (Fsp3) is 0.417. The summed E-state index contributed by atoms with van der Waals surface area (Å²) in [4.78, 5) is 0. The van der Waals surface area contributed by atoms with E-state index in [4.69, 9.17) is 0 Å². The summed E-state index contributed by atoms with van der Waals surface area (Å²) in [6.07, 6.45) is 21.0. The van der Waals surface area contributed by atoms with Crippen LogP contribution in [0.2, 0.25) is 0 Å². The van der Waals surface area contributed by atoms with Crippen molar-refractivity contribution in [1.82, 2.24) is 9.13 Å². The first-order valence-electron chi connectivity index (χ1n) is 20.4. The molecule has 2 heterocycles. The van der Waals surface area contributed by atoms with Gasteiger partial charge >= 0.3 is 0 Å². The van der Waals surface area contributed by atoms with Crippen LogP contribution < -0.4 is 0 Å². The summed E-state index contributed by atoms with van der Waals surface area (Å²) < 4.78 is 7.42. The Morgan fingerprint density at radius 1 is 0.519 bits per heavy atom. The molecule has 0 spiro atoms. The average Bonchev–Trinajstić information content (AvgIpc) is 3.66. The molecule has 0 amide bonds. The normalized spacial score (nSPS) is 17.2. The number of halogens is 2. The lowest BCUT2D eigenvalue weighted by molar-refractivity contribution is 0.403. The SMILES string of the molecule is CCCCCCC1CCc2c(c3ccc(Br)cc3n2-c2ccc(-c3ccc(-n4c5c(c6ccc(Br)cc64)CC(CCCCCC)CC5)cc3)cc2)C1. The second-order valence-electron chi connectivity index (χ2n) is 15.9. The molecular formula is C48H54Br2N2. The Bertz CT molecular complexity index is 1990. The maximum atomic E-state index is 3.79. The van der Waals surface area contributed by atoms with Gasteiger partial charge in [-0.2, -0.15) is 0 Å². The van der Waals surface area contributed by atoms with Crippen LogP contribution >= 0.6 is 31.9 Å². The largest absolute Gasteiger partial charge is 0.313 e. The Morgan fingerprint density at radius 3 is 1.35 bits per heavy atom. The fourth-order valence-electron chi connectivity index (χ4n) is 9.61. The summed E-state index contributed by atoms with van der Waals surface area (Å²) in [5.41, 5.74) is 13.9. The fourth-order valence-corrected chi connectivity index (χ4v) is 10.3. The lowest BCUT2D eigenvalue weighted by atomic mass is 9.83.